The molecule has 3 aromatic carbocycles. The number of benzene rings is 3. The second-order valence-electron chi connectivity index (χ2n) is 15.5. The van der Waals surface area contributed by atoms with E-state index in [1.54, 1.807) is 0 Å². The van der Waals surface area contributed by atoms with Crippen LogP contribution in [0.1, 0.15) is 104 Å². The average molecular weight is 881 g/mol. The van der Waals surface area contributed by atoms with Crippen molar-refractivity contribution >= 4 is 41.4 Å². The Balaban J connectivity index is 0.000000323. The number of hydrogen-bond donors (Lipinski definition) is 1. The molecule has 4 nitrogen and oxygen atoms in total. The van der Waals surface area contributed by atoms with Crippen LogP contribution in [0.15, 0.2) is 72.6 Å². The maximum Gasteiger partial charge on any atom is 0.162 e. The van der Waals surface area contributed by atoms with Gasteiger partial charge in [0.05, 0.1) is 21.0 Å². The van der Waals surface area contributed by atoms with Crippen molar-refractivity contribution in [3.63, 3.8) is 0 Å². The molecule has 4 aromatic rings. The second kappa shape index (κ2) is 16.1. The number of allylic oxidation sites excluding steroid dienone is 2. The summed E-state index contributed by atoms with van der Waals surface area (Å²) in [6.07, 6.45) is 6.98. The molecule has 1 radical (unpaired) electrons. The molecule has 1 atom stereocenters. The number of carbonyl (C=O) groups is 1. The number of pyridine rings is 1. The number of nitrogens with zero attached hydrogens (tertiary/aromatic N) is 1. The standard InChI is InChI=1S/C32H33NOSi.C13H24O2.Ir/c1-20(2)28-25-11-9-8-10-22(25)18-26-30-29-23(16-17-33(30)4)19-27(32(29,3)34-31(26)28)21-12-14-24(15-13-21)35(5,6)7;1-5-10(6-2)12(14)9-13(15)11(7-3)8-4;/h8-17,19-20H,1-7H3;9-11,14H,5-8H2,1-4H3;/b;12-9-;/i19D;;. The quantitative estimate of drug-likeness (QED) is 0.0568. The molecule has 1 aliphatic carbocycles. The largest absolute Gasteiger partial charge is 0.514 e. The maximum absolute atomic E-state index is 11.7. The van der Waals surface area contributed by atoms with E-state index >= 15 is 0 Å². The summed E-state index contributed by atoms with van der Waals surface area (Å²) in [7, 11) is 0.670. The van der Waals surface area contributed by atoms with Crippen LogP contribution in [0.25, 0.3) is 33.7 Å². The molecule has 2 aliphatic rings. The van der Waals surface area contributed by atoms with Gasteiger partial charge in [0.15, 0.2) is 17.7 Å². The van der Waals surface area contributed by atoms with E-state index in [9.17, 15) is 11.3 Å². The molecule has 2 heterocycles. The van der Waals surface area contributed by atoms with Crippen LogP contribution in [0, 0.1) is 17.9 Å². The molecular weight excluding hydrogens is 823 g/mol. The molecule has 0 saturated carbocycles. The van der Waals surface area contributed by atoms with Crippen LogP contribution in [0.5, 0.6) is 5.75 Å². The number of aromatic nitrogens is 1. The smallest absolute Gasteiger partial charge is 0.162 e. The van der Waals surface area contributed by atoms with E-state index in [2.05, 4.69) is 119 Å². The van der Waals surface area contributed by atoms with Gasteiger partial charge >= 0.3 is 0 Å². The number of aliphatic hydroxyl groups excluding tert-OH is 1. The Morgan fingerprint density at radius 1 is 0.980 bits per heavy atom. The molecule has 0 bridgehead atoms. The summed E-state index contributed by atoms with van der Waals surface area (Å²) in [5, 5.41) is 13.5. The van der Waals surface area contributed by atoms with Gasteiger partial charge in [-0.15, -0.1) is 17.5 Å². The maximum atomic E-state index is 11.7. The SMILES string of the molecule is CCC(CC)C(=O)/C=C(\O)C(CC)CC.[2H]C1=C(c2ccc([Si](C)(C)C)cc2)C2(C)Oc3c([c-]c4ccccc4c3C(C)C)-c3c2c1cc[n+]3C.[Ir]. The van der Waals surface area contributed by atoms with Crippen molar-refractivity contribution in [1.82, 2.24) is 0 Å². The van der Waals surface area contributed by atoms with Crippen LogP contribution in [0.4, 0.5) is 0 Å². The van der Waals surface area contributed by atoms with Crippen molar-refractivity contribution in [1.29, 1.82) is 0 Å². The van der Waals surface area contributed by atoms with E-state index in [0.717, 1.165) is 70.3 Å². The zero-order valence-electron chi connectivity index (χ0n) is 33.5. The first-order valence-electron chi connectivity index (χ1n) is 19.1. The Labute approximate surface area is 322 Å². The summed E-state index contributed by atoms with van der Waals surface area (Å²) in [5.74, 6) is 1.72. The van der Waals surface area contributed by atoms with E-state index in [0.29, 0.717) is 6.05 Å². The third kappa shape index (κ3) is 7.75. The first kappa shape index (κ1) is 38.9. The number of hydrogen-bond acceptors (Lipinski definition) is 3. The summed E-state index contributed by atoms with van der Waals surface area (Å²) in [6, 6.07) is 23.7. The zero-order valence-corrected chi connectivity index (χ0v) is 35.9. The first-order chi connectivity index (χ1) is 24.1. The normalized spacial score (nSPS) is 16.7. The number of fused-ring (bicyclic) bond motifs is 3. The van der Waals surface area contributed by atoms with Gasteiger partial charge in [-0.1, -0.05) is 120 Å². The number of aryl methyl sites for hydroxylation is 1. The van der Waals surface area contributed by atoms with Gasteiger partial charge in [-0.05, 0) is 61.3 Å². The minimum atomic E-state index is -1.42. The Kier molecular flexibility index (Phi) is 12.3. The van der Waals surface area contributed by atoms with Gasteiger partial charge in [0.25, 0.3) is 0 Å². The summed E-state index contributed by atoms with van der Waals surface area (Å²) < 4.78 is 18.6. The minimum absolute atomic E-state index is 0. The number of ketones is 1. The van der Waals surface area contributed by atoms with E-state index in [4.69, 9.17) is 4.74 Å². The third-order valence-corrected chi connectivity index (χ3v) is 12.8. The Hall–Kier alpha value is -3.31. The van der Waals surface area contributed by atoms with Gasteiger partial charge in [0, 0.05) is 55.2 Å². The number of aliphatic hydroxyl groups is 1. The molecule has 0 saturated heterocycles. The van der Waals surface area contributed by atoms with Gasteiger partial charge in [-0.2, -0.15) is 0 Å². The molecule has 6 rings (SSSR count). The molecule has 51 heavy (non-hydrogen) atoms. The van der Waals surface area contributed by atoms with Crippen molar-refractivity contribution in [3.05, 3.63) is 101 Å². The summed E-state index contributed by atoms with van der Waals surface area (Å²) in [4.78, 5) is 11.7. The molecule has 273 valence electrons. The van der Waals surface area contributed by atoms with Crippen LogP contribution in [-0.2, 0) is 37.5 Å². The fraction of sp³-hybridized carbons (Fsp3) is 0.422. The van der Waals surface area contributed by atoms with E-state index in [-0.39, 0.29) is 49.4 Å². The van der Waals surface area contributed by atoms with E-state index < -0.39 is 13.7 Å². The van der Waals surface area contributed by atoms with Crippen molar-refractivity contribution in [2.24, 2.45) is 18.9 Å². The topological polar surface area (TPSA) is 50.4 Å². The van der Waals surface area contributed by atoms with Crippen molar-refractivity contribution < 1.29 is 40.7 Å². The molecule has 0 fully saturated rings. The third-order valence-electron chi connectivity index (χ3n) is 10.7. The predicted molar refractivity (Wildman–Crippen MR) is 213 cm³/mol. The van der Waals surface area contributed by atoms with Gasteiger partial charge in [-0.3, -0.25) is 4.79 Å². The molecular formula is C45H57IrNO3Si. The first-order valence-corrected chi connectivity index (χ1v) is 22.1. The zero-order chi connectivity index (χ0) is 37.4. The summed E-state index contributed by atoms with van der Waals surface area (Å²) in [5.41, 5.74) is 6.59. The summed E-state index contributed by atoms with van der Waals surface area (Å²) >= 11 is 0. The fourth-order valence-electron chi connectivity index (χ4n) is 7.61. The van der Waals surface area contributed by atoms with Crippen LogP contribution >= 0.6 is 0 Å². The minimum Gasteiger partial charge on any atom is -0.514 e. The van der Waals surface area contributed by atoms with Crippen molar-refractivity contribution in [3.8, 4) is 17.0 Å². The monoisotopic (exact) mass is 881 g/mol. The van der Waals surface area contributed by atoms with Crippen molar-refractivity contribution in [2.75, 3.05) is 0 Å². The molecule has 1 unspecified atom stereocenters. The number of rotatable bonds is 10. The Morgan fingerprint density at radius 3 is 2.16 bits per heavy atom. The molecule has 1 aromatic heterocycles. The van der Waals surface area contributed by atoms with Crippen LogP contribution in [0.2, 0.25) is 19.6 Å². The van der Waals surface area contributed by atoms with Gasteiger partial charge in [0.1, 0.15) is 12.6 Å². The molecule has 0 amide bonds. The molecule has 1 aliphatic heterocycles. The van der Waals surface area contributed by atoms with E-state index in [1.165, 1.54) is 22.2 Å². The predicted octanol–water partition coefficient (Wildman–Crippen LogP) is 10.8. The van der Waals surface area contributed by atoms with Crippen LogP contribution in [-0.4, -0.2) is 19.0 Å². The van der Waals surface area contributed by atoms with E-state index in [1.807, 2.05) is 27.7 Å². The molecule has 6 heteroatoms. The van der Waals surface area contributed by atoms with Gasteiger partial charge in [0.2, 0.25) is 0 Å². The molecule has 0 spiro atoms. The van der Waals surface area contributed by atoms with Crippen LogP contribution < -0.4 is 14.5 Å². The number of carbonyl (C=O) groups excluding carboxylic acids is 1. The average Bonchev–Trinajstić information content (AvgIpc) is 3.31. The fourth-order valence-corrected chi connectivity index (χ4v) is 8.77. The second-order valence-corrected chi connectivity index (χ2v) is 20.5. The number of ether oxygens (including phenoxy) is 1. The van der Waals surface area contributed by atoms with Crippen molar-refractivity contribution in [2.45, 2.75) is 105 Å². The Bertz CT molecular complexity index is 2000. The van der Waals surface area contributed by atoms with Gasteiger partial charge < -0.3 is 9.84 Å². The summed E-state index contributed by atoms with van der Waals surface area (Å²) in [6.45, 7) is 21.8. The van der Waals surface area contributed by atoms with Gasteiger partial charge in [-0.25, -0.2) is 4.57 Å². The molecule has 1 N–H and O–H groups in total. The Morgan fingerprint density at radius 2 is 1.59 bits per heavy atom. The van der Waals surface area contributed by atoms with Crippen LogP contribution in [0.3, 0.4) is 0 Å².